The topological polar surface area (TPSA) is 49.3 Å². The number of aromatic carboxylic acids is 1. The molecule has 0 aliphatic rings. The smallest absolute Gasteiger partial charge is 0.335 e. The summed E-state index contributed by atoms with van der Waals surface area (Å²) in [6, 6.07) is 8.00. The highest BCUT2D eigenvalue weighted by Gasteiger charge is 2.08. The fraction of sp³-hybridized carbons (Fsp3) is 0.133. The molecule has 0 aromatic heterocycles. The van der Waals surface area contributed by atoms with E-state index in [0.717, 1.165) is 16.8 Å². The third-order valence-corrected chi connectivity index (χ3v) is 4.38. The number of anilines is 1. The lowest BCUT2D eigenvalue weighted by Crippen LogP contribution is -2.04. The summed E-state index contributed by atoms with van der Waals surface area (Å²) >= 11 is 6.52. The van der Waals surface area contributed by atoms with Gasteiger partial charge >= 0.3 is 5.97 Å². The second kappa shape index (κ2) is 6.58. The summed E-state index contributed by atoms with van der Waals surface area (Å²) in [4.78, 5) is 10.9. The van der Waals surface area contributed by atoms with Crippen molar-refractivity contribution >= 4 is 43.5 Å². The molecule has 2 rings (SSSR count). The Balaban J connectivity index is 2.17. The summed E-state index contributed by atoms with van der Waals surface area (Å²) in [5.41, 5.74) is 2.76. The molecule has 0 aliphatic carbocycles. The lowest BCUT2D eigenvalue weighted by molar-refractivity contribution is 0.0697. The first kappa shape index (κ1) is 16.0. The van der Waals surface area contributed by atoms with Gasteiger partial charge < -0.3 is 10.4 Å². The molecular weight excluding hydrogens is 405 g/mol. The van der Waals surface area contributed by atoms with Crippen molar-refractivity contribution in [2.24, 2.45) is 0 Å². The van der Waals surface area contributed by atoms with Crippen LogP contribution in [0.5, 0.6) is 0 Å². The maximum absolute atomic E-state index is 13.4. The van der Waals surface area contributed by atoms with E-state index in [1.165, 1.54) is 6.07 Å². The predicted molar refractivity (Wildman–Crippen MR) is 87.3 cm³/mol. The first-order valence-corrected chi connectivity index (χ1v) is 7.68. The van der Waals surface area contributed by atoms with E-state index in [9.17, 15) is 9.18 Å². The second-order valence-corrected chi connectivity index (χ2v) is 6.25. The van der Waals surface area contributed by atoms with Gasteiger partial charge in [-0.05, 0) is 58.2 Å². The van der Waals surface area contributed by atoms with Gasteiger partial charge in [-0.1, -0.05) is 22.0 Å². The number of carboxylic acids is 1. The Kier molecular flexibility index (Phi) is 5.00. The Hall–Kier alpha value is -1.40. The molecule has 0 saturated heterocycles. The van der Waals surface area contributed by atoms with Gasteiger partial charge in [-0.3, -0.25) is 0 Å². The first-order chi connectivity index (χ1) is 9.88. The highest BCUT2D eigenvalue weighted by molar-refractivity contribution is 9.10. The molecule has 21 heavy (non-hydrogen) atoms. The monoisotopic (exact) mass is 415 g/mol. The number of aryl methyl sites for hydroxylation is 1. The van der Waals surface area contributed by atoms with Crippen molar-refractivity contribution in [3.05, 3.63) is 61.8 Å². The van der Waals surface area contributed by atoms with Gasteiger partial charge in [0.15, 0.2) is 0 Å². The van der Waals surface area contributed by atoms with Gasteiger partial charge in [0.1, 0.15) is 5.82 Å². The van der Waals surface area contributed by atoms with Crippen molar-refractivity contribution < 1.29 is 14.3 Å². The molecule has 0 radical (unpaired) electrons. The summed E-state index contributed by atoms with van der Waals surface area (Å²) in [5, 5.41) is 12.1. The van der Waals surface area contributed by atoms with Crippen LogP contribution in [-0.2, 0) is 6.54 Å². The molecule has 0 saturated carbocycles. The quantitative estimate of drug-likeness (QED) is 0.739. The Morgan fingerprint density at radius 2 is 1.95 bits per heavy atom. The molecule has 0 heterocycles. The zero-order valence-electron chi connectivity index (χ0n) is 11.1. The lowest BCUT2D eigenvalue weighted by atomic mass is 10.1. The summed E-state index contributed by atoms with van der Waals surface area (Å²) in [6.07, 6.45) is 0. The number of rotatable bonds is 4. The molecule has 0 atom stereocenters. The molecule has 0 bridgehead atoms. The second-order valence-electron chi connectivity index (χ2n) is 4.55. The Morgan fingerprint density at radius 1 is 1.24 bits per heavy atom. The van der Waals surface area contributed by atoms with Crippen LogP contribution in [0.3, 0.4) is 0 Å². The van der Waals surface area contributed by atoms with E-state index < -0.39 is 5.97 Å². The fourth-order valence-electron chi connectivity index (χ4n) is 1.85. The van der Waals surface area contributed by atoms with E-state index in [0.29, 0.717) is 15.5 Å². The number of halogens is 3. The molecule has 0 spiro atoms. The van der Waals surface area contributed by atoms with Crippen LogP contribution < -0.4 is 5.32 Å². The standard InChI is InChI=1S/C15H12Br2FNO2/c1-8-4-13(18)12(17)6-14(8)19-7-10-3-2-9(15(20)21)5-11(10)16/h2-6,19H,7H2,1H3,(H,20,21). The lowest BCUT2D eigenvalue weighted by Gasteiger charge is -2.12. The van der Waals surface area contributed by atoms with Crippen LogP contribution in [0.1, 0.15) is 21.5 Å². The zero-order valence-corrected chi connectivity index (χ0v) is 14.3. The Labute approximate surface area is 138 Å². The third-order valence-electron chi connectivity index (χ3n) is 3.04. The molecule has 2 aromatic carbocycles. The highest BCUT2D eigenvalue weighted by Crippen LogP contribution is 2.26. The predicted octanol–water partition coefficient (Wildman–Crippen LogP) is 4.97. The van der Waals surface area contributed by atoms with E-state index in [2.05, 4.69) is 37.2 Å². The van der Waals surface area contributed by atoms with Gasteiger partial charge in [0.25, 0.3) is 0 Å². The molecule has 0 fully saturated rings. The summed E-state index contributed by atoms with van der Waals surface area (Å²) < 4.78 is 14.5. The van der Waals surface area contributed by atoms with Gasteiger partial charge in [0, 0.05) is 16.7 Å². The normalized spacial score (nSPS) is 10.5. The number of carboxylic acid groups (broad SMARTS) is 1. The van der Waals surface area contributed by atoms with Crippen molar-refractivity contribution in [3.63, 3.8) is 0 Å². The Morgan fingerprint density at radius 3 is 2.57 bits per heavy atom. The number of benzene rings is 2. The SMILES string of the molecule is Cc1cc(F)c(Br)cc1NCc1ccc(C(=O)O)cc1Br. The molecule has 3 nitrogen and oxygen atoms in total. The summed E-state index contributed by atoms with van der Waals surface area (Å²) in [6.45, 7) is 2.32. The molecule has 6 heteroatoms. The van der Waals surface area contributed by atoms with Crippen molar-refractivity contribution in [2.45, 2.75) is 13.5 Å². The first-order valence-electron chi connectivity index (χ1n) is 6.09. The number of nitrogens with one attached hydrogen (secondary N) is 1. The van der Waals surface area contributed by atoms with Crippen LogP contribution in [0.25, 0.3) is 0 Å². The van der Waals surface area contributed by atoms with E-state index in [-0.39, 0.29) is 11.4 Å². The van der Waals surface area contributed by atoms with E-state index in [1.807, 2.05) is 6.92 Å². The van der Waals surface area contributed by atoms with Gasteiger partial charge in [-0.2, -0.15) is 0 Å². The Bertz CT molecular complexity index is 704. The van der Waals surface area contributed by atoms with Gasteiger partial charge in [-0.25, -0.2) is 9.18 Å². The minimum Gasteiger partial charge on any atom is -0.478 e. The average molecular weight is 417 g/mol. The molecule has 0 aliphatic heterocycles. The fourth-order valence-corrected chi connectivity index (χ4v) is 2.71. The van der Waals surface area contributed by atoms with Crippen molar-refractivity contribution in [3.8, 4) is 0 Å². The van der Waals surface area contributed by atoms with E-state index >= 15 is 0 Å². The van der Waals surface area contributed by atoms with Gasteiger partial charge in [0.05, 0.1) is 10.0 Å². The molecular formula is C15H12Br2FNO2. The van der Waals surface area contributed by atoms with Gasteiger partial charge in [-0.15, -0.1) is 0 Å². The minimum absolute atomic E-state index is 0.228. The van der Waals surface area contributed by atoms with Crippen molar-refractivity contribution in [2.75, 3.05) is 5.32 Å². The molecule has 0 amide bonds. The highest BCUT2D eigenvalue weighted by atomic mass is 79.9. The van der Waals surface area contributed by atoms with E-state index in [1.54, 1.807) is 24.3 Å². The third kappa shape index (κ3) is 3.83. The van der Waals surface area contributed by atoms with Crippen LogP contribution in [0.4, 0.5) is 10.1 Å². The van der Waals surface area contributed by atoms with Gasteiger partial charge in [0.2, 0.25) is 0 Å². The molecule has 2 aromatic rings. The number of hydrogen-bond acceptors (Lipinski definition) is 2. The number of hydrogen-bond donors (Lipinski definition) is 2. The van der Waals surface area contributed by atoms with E-state index in [4.69, 9.17) is 5.11 Å². The summed E-state index contributed by atoms with van der Waals surface area (Å²) in [5.74, 6) is -1.27. The van der Waals surface area contributed by atoms with Crippen molar-refractivity contribution in [1.82, 2.24) is 0 Å². The average Bonchev–Trinajstić information content (AvgIpc) is 2.42. The maximum Gasteiger partial charge on any atom is 0.335 e. The minimum atomic E-state index is -0.964. The zero-order chi connectivity index (χ0) is 15.6. The molecule has 110 valence electrons. The van der Waals surface area contributed by atoms with Crippen molar-refractivity contribution in [1.29, 1.82) is 0 Å². The molecule has 2 N–H and O–H groups in total. The molecule has 0 unspecified atom stereocenters. The number of carbonyl (C=O) groups is 1. The largest absolute Gasteiger partial charge is 0.478 e. The van der Waals surface area contributed by atoms with Crippen LogP contribution in [0, 0.1) is 12.7 Å². The van der Waals surface area contributed by atoms with Crippen LogP contribution in [0.2, 0.25) is 0 Å². The van der Waals surface area contributed by atoms with Crippen LogP contribution >= 0.6 is 31.9 Å². The summed E-state index contributed by atoms with van der Waals surface area (Å²) in [7, 11) is 0. The van der Waals surface area contributed by atoms with Crippen LogP contribution in [-0.4, -0.2) is 11.1 Å². The maximum atomic E-state index is 13.4. The van der Waals surface area contributed by atoms with Crippen LogP contribution in [0.15, 0.2) is 39.3 Å².